The van der Waals surface area contributed by atoms with E-state index in [1.165, 1.54) is 6.20 Å². The maximum Gasteiger partial charge on any atom is 1.00 e. The van der Waals surface area contributed by atoms with E-state index in [2.05, 4.69) is 14.4 Å². The molecule has 10 heteroatoms. The number of aromatic nitrogens is 1. The second-order valence-corrected chi connectivity index (χ2v) is 7.09. The summed E-state index contributed by atoms with van der Waals surface area (Å²) in [6.07, 6.45) is 1.83. The molecule has 1 aromatic rings. The van der Waals surface area contributed by atoms with E-state index in [4.69, 9.17) is 0 Å². The van der Waals surface area contributed by atoms with E-state index < -0.39 is 9.84 Å². The van der Waals surface area contributed by atoms with E-state index in [1.54, 1.807) is 6.07 Å². The van der Waals surface area contributed by atoms with Crippen molar-refractivity contribution in [3.8, 4) is 0 Å². The van der Waals surface area contributed by atoms with Crippen LogP contribution in [0.1, 0.15) is 12.5 Å². The van der Waals surface area contributed by atoms with Crippen LogP contribution in [0.2, 0.25) is 0 Å². The van der Waals surface area contributed by atoms with Gasteiger partial charge in [0.05, 0.1) is 22.7 Å². The first-order chi connectivity index (χ1) is 8.55. The Kier molecular flexibility index (Phi) is 10.5. The van der Waals surface area contributed by atoms with Crippen molar-refractivity contribution in [2.45, 2.75) is 23.3 Å². The summed E-state index contributed by atoms with van der Waals surface area (Å²) < 4.78 is 28.6. The van der Waals surface area contributed by atoms with Crippen molar-refractivity contribution in [3.63, 3.8) is 0 Å². The Bertz CT molecular complexity index is 499. The van der Waals surface area contributed by atoms with Gasteiger partial charge in [0.2, 0.25) is 0 Å². The van der Waals surface area contributed by atoms with Gasteiger partial charge in [0.1, 0.15) is 5.03 Å². The maximum absolute atomic E-state index is 12.0. The van der Waals surface area contributed by atoms with E-state index >= 15 is 0 Å². The van der Waals surface area contributed by atoms with Gasteiger partial charge in [0.15, 0.2) is 9.84 Å². The number of nitrogens with zero attached hydrogens (tertiary/aromatic N) is 1. The van der Waals surface area contributed by atoms with Crippen molar-refractivity contribution in [1.29, 1.82) is 0 Å². The molecule has 0 spiro atoms. The molecule has 0 aliphatic carbocycles. The van der Waals surface area contributed by atoms with Gasteiger partial charge in [-0.25, -0.2) is 13.4 Å². The molecule has 0 aromatic carbocycles. The SMILES string of the molecule is CCc1cc(SOO[O-])ncc1S(=O)(=O)CCI.[Na+]. The number of aryl methyl sites for hydroxylation is 1. The molecule has 19 heavy (non-hydrogen) atoms. The molecule has 0 fully saturated rings. The monoisotopic (exact) mass is 427 g/mol. The third-order valence-corrected chi connectivity index (χ3v) is 5.70. The molecule has 1 heterocycles. The first kappa shape index (κ1) is 20.1. The molecule has 1 aromatic heterocycles. The van der Waals surface area contributed by atoms with E-state index in [0.717, 1.165) is 0 Å². The van der Waals surface area contributed by atoms with Crippen molar-refractivity contribution < 1.29 is 52.6 Å². The molecule has 0 N–H and O–H groups in total. The van der Waals surface area contributed by atoms with Gasteiger partial charge < -0.3 is 5.26 Å². The summed E-state index contributed by atoms with van der Waals surface area (Å²) in [6.45, 7) is 1.85. The minimum absolute atomic E-state index is 0. The molecule has 0 bridgehead atoms. The molecule has 0 aliphatic rings. The topological polar surface area (TPSA) is 88.5 Å². The third-order valence-electron chi connectivity index (χ3n) is 2.13. The maximum atomic E-state index is 12.0. The van der Waals surface area contributed by atoms with Gasteiger partial charge in [-0.2, -0.15) is 4.33 Å². The Hall–Kier alpha value is 1.06. The summed E-state index contributed by atoms with van der Waals surface area (Å²) in [7, 11) is -3.30. The number of hydrogen-bond acceptors (Lipinski definition) is 7. The van der Waals surface area contributed by atoms with Crippen molar-refractivity contribution in [1.82, 2.24) is 4.98 Å². The number of sulfone groups is 1. The molecule has 0 aliphatic heterocycles. The van der Waals surface area contributed by atoms with Crippen LogP contribution in [-0.4, -0.2) is 23.6 Å². The second-order valence-electron chi connectivity index (χ2n) is 3.21. The van der Waals surface area contributed by atoms with Gasteiger partial charge in [-0.05, 0) is 18.1 Å². The standard InChI is InChI=1S/C9H12INO5S2.Na/c1-2-7-5-9(17-16-15-12)11-6-8(7)18(13,14)4-3-10;/h5-6,12H,2-4H2,1H3;/q;+1/p-1. The van der Waals surface area contributed by atoms with Crippen molar-refractivity contribution >= 4 is 44.5 Å². The Morgan fingerprint density at radius 1 is 1.53 bits per heavy atom. The summed E-state index contributed by atoms with van der Waals surface area (Å²) in [5.74, 6) is 0.0783. The summed E-state index contributed by atoms with van der Waals surface area (Å²) in [5, 5.41) is 13.3. The summed E-state index contributed by atoms with van der Waals surface area (Å²) >= 11 is 2.65. The molecule has 0 saturated carbocycles. The summed E-state index contributed by atoms with van der Waals surface area (Å²) in [6, 6.07) is 1.57. The van der Waals surface area contributed by atoms with Gasteiger partial charge in [-0.15, -0.1) is 0 Å². The van der Waals surface area contributed by atoms with Crippen LogP contribution in [0.15, 0.2) is 22.2 Å². The van der Waals surface area contributed by atoms with Crippen LogP contribution in [0.5, 0.6) is 0 Å². The fourth-order valence-corrected chi connectivity index (χ4v) is 4.69. The van der Waals surface area contributed by atoms with Crippen LogP contribution in [0, 0.1) is 0 Å². The predicted molar refractivity (Wildman–Crippen MR) is 72.6 cm³/mol. The quantitative estimate of drug-likeness (QED) is 0.125. The van der Waals surface area contributed by atoms with E-state index in [9.17, 15) is 13.7 Å². The summed E-state index contributed by atoms with van der Waals surface area (Å²) in [5.41, 5.74) is 0.645. The zero-order valence-electron chi connectivity index (χ0n) is 10.5. The van der Waals surface area contributed by atoms with Gasteiger partial charge in [-0.3, -0.25) is 5.04 Å². The van der Waals surface area contributed by atoms with Crippen LogP contribution in [0.4, 0.5) is 0 Å². The fraction of sp³-hybridized carbons (Fsp3) is 0.444. The molecule has 0 unspecified atom stereocenters. The molecule has 102 valence electrons. The van der Waals surface area contributed by atoms with Gasteiger partial charge in [0.25, 0.3) is 0 Å². The second kappa shape index (κ2) is 9.90. The zero-order chi connectivity index (χ0) is 13.6. The van der Waals surface area contributed by atoms with Crippen molar-refractivity contribution in [3.05, 3.63) is 17.8 Å². The molecule has 0 amide bonds. The number of hydrogen-bond donors (Lipinski definition) is 0. The molecular formula is C9H11INNaO5S2. The molecule has 0 saturated heterocycles. The van der Waals surface area contributed by atoms with Gasteiger partial charge >= 0.3 is 29.6 Å². The van der Waals surface area contributed by atoms with Crippen LogP contribution in [-0.2, 0) is 25.6 Å². The number of pyridine rings is 1. The average Bonchev–Trinajstić information content (AvgIpc) is 2.35. The Morgan fingerprint density at radius 3 is 2.74 bits per heavy atom. The van der Waals surface area contributed by atoms with E-state index in [0.29, 0.717) is 33.5 Å². The Labute approximate surface area is 152 Å². The number of halogens is 1. The fourth-order valence-electron chi connectivity index (χ4n) is 1.32. The van der Waals surface area contributed by atoms with Crippen molar-refractivity contribution in [2.75, 3.05) is 10.2 Å². The minimum Gasteiger partial charge on any atom is -0.691 e. The van der Waals surface area contributed by atoms with Gasteiger partial charge in [0, 0.05) is 10.6 Å². The number of rotatable bonds is 7. The Balaban J connectivity index is 0.00000324. The van der Waals surface area contributed by atoms with Crippen LogP contribution in [0.3, 0.4) is 0 Å². The van der Waals surface area contributed by atoms with Crippen LogP contribution >= 0.6 is 34.6 Å². The molecule has 1 rings (SSSR count). The van der Waals surface area contributed by atoms with E-state index in [1.807, 2.05) is 29.5 Å². The summed E-state index contributed by atoms with van der Waals surface area (Å²) in [4.78, 5) is 4.14. The molecule has 0 atom stereocenters. The molecule has 0 radical (unpaired) electrons. The largest absolute Gasteiger partial charge is 1.00 e. The molecule has 6 nitrogen and oxygen atoms in total. The predicted octanol–water partition coefficient (Wildman–Crippen LogP) is -1.91. The first-order valence-corrected chi connectivity index (χ1v) is 8.88. The Morgan fingerprint density at radius 2 is 2.21 bits per heavy atom. The number of alkyl halides is 1. The first-order valence-electron chi connectivity index (χ1n) is 4.96. The van der Waals surface area contributed by atoms with Crippen molar-refractivity contribution in [2.24, 2.45) is 0 Å². The normalized spacial score (nSPS) is 11.1. The molecular weight excluding hydrogens is 416 g/mol. The average molecular weight is 427 g/mol. The van der Waals surface area contributed by atoms with Crippen LogP contribution < -0.4 is 34.8 Å². The van der Waals surface area contributed by atoms with Crippen LogP contribution in [0.25, 0.3) is 0 Å². The van der Waals surface area contributed by atoms with Gasteiger partial charge in [-0.1, -0.05) is 29.5 Å². The zero-order valence-corrected chi connectivity index (χ0v) is 16.2. The minimum atomic E-state index is -3.30. The third kappa shape index (κ3) is 6.14. The van der Waals surface area contributed by atoms with E-state index in [-0.39, 0.29) is 40.2 Å². The smallest absolute Gasteiger partial charge is 0.691 e.